The summed E-state index contributed by atoms with van der Waals surface area (Å²) in [5.41, 5.74) is 6.38. The lowest BCUT2D eigenvalue weighted by atomic mass is 10.00. The Labute approximate surface area is 274 Å². The lowest BCUT2D eigenvalue weighted by Crippen LogP contribution is -2.00. The third-order valence-corrected chi connectivity index (χ3v) is 8.93. The van der Waals surface area contributed by atoms with E-state index >= 15 is 0 Å². The van der Waals surface area contributed by atoms with Crippen molar-refractivity contribution in [3.63, 3.8) is 0 Å². The Bertz CT molecular complexity index is 2780. The van der Waals surface area contributed by atoms with E-state index in [1.807, 2.05) is 91.0 Å². The van der Waals surface area contributed by atoms with Crippen LogP contribution < -0.4 is 0 Å². The summed E-state index contributed by atoms with van der Waals surface area (Å²) in [5.74, 6) is 2.29. The Morgan fingerprint density at radius 1 is 0.354 bits per heavy atom. The predicted molar refractivity (Wildman–Crippen MR) is 191 cm³/mol. The van der Waals surface area contributed by atoms with Gasteiger partial charge >= 0.3 is 0 Å². The van der Waals surface area contributed by atoms with Crippen molar-refractivity contribution in [2.45, 2.75) is 0 Å². The molecule has 0 saturated carbocycles. The number of furan rings is 1. The zero-order valence-electron chi connectivity index (χ0n) is 25.5. The molecule has 3 heterocycles. The molecule has 0 aliphatic rings. The maximum absolute atomic E-state index is 6.49. The zero-order chi connectivity index (χ0) is 31.6. The highest BCUT2D eigenvalue weighted by Crippen LogP contribution is 2.39. The quantitative estimate of drug-likeness (QED) is 0.183. The van der Waals surface area contributed by atoms with Crippen LogP contribution in [0.2, 0.25) is 0 Å². The van der Waals surface area contributed by atoms with Gasteiger partial charge in [0.05, 0.1) is 0 Å². The van der Waals surface area contributed by atoms with E-state index in [1.165, 1.54) is 16.2 Å². The molecule has 0 unspecified atom stereocenters. The van der Waals surface area contributed by atoms with E-state index in [0.29, 0.717) is 40.0 Å². The van der Waals surface area contributed by atoms with Crippen LogP contribution in [-0.2, 0) is 0 Å². The monoisotopic (exact) mass is 616 g/mol. The molecule has 0 aliphatic carbocycles. The first kappa shape index (κ1) is 26.5. The predicted octanol–water partition coefficient (Wildman–Crippen LogP) is 10.9. The fraction of sp³-hybridized carbons (Fsp3) is 0. The Balaban J connectivity index is 1.10. The van der Waals surface area contributed by atoms with Crippen molar-refractivity contribution in [3.05, 3.63) is 146 Å². The first-order valence-electron chi connectivity index (χ1n) is 15.8. The molecule has 0 atom stereocenters. The molecular formula is C42H24N4O2. The summed E-state index contributed by atoms with van der Waals surface area (Å²) < 4.78 is 12.8. The van der Waals surface area contributed by atoms with Crippen LogP contribution in [-0.4, -0.2) is 19.9 Å². The fourth-order valence-electron chi connectivity index (χ4n) is 6.58. The van der Waals surface area contributed by atoms with Gasteiger partial charge in [0.15, 0.2) is 34.2 Å². The minimum absolute atomic E-state index is 0.497. The molecule has 3 aromatic heterocycles. The van der Waals surface area contributed by atoms with Gasteiger partial charge in [-0.1, -0.05) is 109 Å². The highest BCUT2D eigenvalue weighted by molar-refractivity contribution is 6.19. The number of nitrogens with zero attached hydrogens (tertiary/aromatic N) is 4. The molecule has 0 spiro atoms. The molecule has 0 bridgehead atoms. The molecule has 0 N–H and O–H groups in total. The number of benzene rings is 7. The second kappa shape index (κ2) is 10.4. The van der Waals surface area contributed by atoms with Crippen molar-refractivity contribution in [3.8, 4) is 45.6 Å². The van der Waals surface area contributed by atoms with E-state index in [-0.39, 0.29) is 0 Å². The normalized spacial score (nSPS) is 11.8. The van der Waals surface area contributed by atoms with Gasteiger partial charge in [0.2, 0.25) is 5.89 Å². The molecule has 6 nitrogen and oxygen atoms in total. The molecule has 0 saturated heterocycles. The highest BCUT2D eigenvalue weighted by atomic mass is 16.4. The van der Waals surface area contributed by atoms with Crippen molar-refractivity contribution < 1.29 is 8.83 Å². The minimum atomic E-state index is 0.497. The molecule has 6 heteroatoms. The molecule has 0 radical (unpaired) electrons. The van der Waals surface area contributed by atoms with E-state index < -0.39 is 0 Å². The van der Waals surface area contributed by atoms with Gasteiger partial charge in [-0.25, -0.2) is 19.9 Å². The van der Waals surface area contributed by atoms with Crippen LogP contribution in [0.25, 0.3) is 100 Å². The summed E-state index contributed by atoms with van der Waals surface area (Å²) in [6.45, 7) is 0. The number of aromatic nitrogens is 4. The molecule has 0 amide bonds. The van der Waals surface area contributed by atoms with Crippen LogP contribution in [0.1, 0.15) is 0 Å². The summed E-state index contributed by atoms with van der Waals surface area (Å²) in [7, 11) is 0. The van der Waals surface area contributed by atoms with Crippen LogP contribution >= 0.6 is 0 Å². The zero-order valence-corrected chi connectivity index (χ0v) is 25.5. The lowest BCUT2D eigenvalue weighted by molar-refractivity contribution is 0.620. The van der Waals surface area contributed by atoms with Gasteiger partial charge in [-0.3, -0.25) is 0 Å². The molecule has 0 fully saturated rings. The molecule has 224 valence electrons. The van der Waals surface area contributed by atoms with Crippen molar-refractivity contribution in [2.24, 2.45) is 0 Å². The SMILES string of the molecule is c1ccc(-c2nc(-c3ccccc3)nc(-c3cccc(-c4nc5c(ccc6c7cc8c(ccc9ccccc98)cc7oc65)o4)c3)n2)cc1. The number of rotatable bonds is 4. The first-order valence-corrected chi connectivity index (χ1v) is 15.8. The van der Waals surface area contributed by atoms with Crippen molar-refractivity contribution >= 4 is 54.6 Å². The molecule has 10 aromatic rings. The van der Waals surface area contributed by atoms with Crippen LogP contribution in [0.3, 0.4) is 0 Å². The average molecular weight is 617 g/mol. The first-order chi connectivity index (χ1) is 23.7. The Morgan fingerprint density at radius 3 is 1.77 bits per heavy atom. The molecular weight excluding hydrogens is 592 g/mol. The summed E-state index contributed by atoms with van der Waals surface area (Å²) in [6.07, 6.45) is 0. The largest absolute Gasteiger partial charge is 0.454 e. The Hall–Kier alpha value is -6.66. The Kier molecular flexibility index (Phi) is 5.77. The maximum Gasteiger partial charge on any atom is 0.227 e. The average Bonchev–Trinajstić information content (AvgIpc) is 3.76. The van der Waals surface area contributed by atoms with E-state index in [1.54, 1.807) is 0 Å². The highest BCUT2D eigenvalue weighted by Gasteiger charge is 2.19. The fourth-order valence-corrected chi connectivity index (χ4v) is 6.58. The van der Waals surface area contributed by atoms with Crippen LogP contribution in [0.4, 0.5) is 0 Å². The van der Waals surface area contributed by atoms with Crippen molar-refractivity contribution in [1.29, 1.82) is 0 Å². The van der Waals surface area contributed by atoms with E-state index in [4.69, 9.17) is 28.8 Å². The van der Waals surface area contributed by atoms with Gasteiger partial charge < -0.3 is 8.83 Å². The van der Waals surface area contributed by atoms with Gasteiger partial charge in [-0.2, -0.15) is 0 Å². The van der Waals surface area contributed by atoms with E-state index in [0.717, 1.165) is 44.0 Å². The number of fused-ring (bicyclic) bond motifs is 8. The lowest BCUT2D eigenvalue weighted by Gasteiger charge is -2.08. The van der Waals surface area contributed by atoms with Gasteiger partial charge in [-0.15, -0.1) is 0 Å². The summed E-state index contributed by atoms with van der Waals surface area (Å²) >= 11 is 0. The standard InChI is InChI=1S/C42H24N4O2/c1-3-11-26(12-4-1)39-44-40(27-13-5-2-6-14-27)46-41(45-39)29-15-9-16-30(22-29)42-43-37-35(48-42)21-20-32-34-24-33-28(23-36(34)47-38(32)37)19-18-25-10-7-8-17-31(25)33/h1-24H. The molecule has 7 aromatic carbocycles. The molecule has 10 rings (SSSR count). The minimum Gasteiger partial charge on any atom is -0.454 e. The van der Waals surface area contributed by atoms with Gasteiger partial charge in [0.1, 0.15) is 5.58 Å². The summed E-state index contributed by atoms with van der Waals surface area (Å²) in [4.78, 5) is 19.6. The van der Waals surface area contributed by atoms with Crippen molar-refractivity contribution in [2.75, 3.05) is 0 Å². The maximum atomic E-state index is 6.49. The smallest absolute Gasteiger partial charge is 0.227 e. The van der Waals surface area contributed by atoms with Crippen molar-refractivity contribution in [1.82, 2.24) is 19.9 Å². The Morgan fingerprint density at radius 2 is 1.00 bits per heavy atom. The van der Waals surface area contributed by atoms with E-state index in [2.05, 4.69) is 54.6 Å². The second-order valence-corrected chi connectivity index (χ2v) is 11.9. The van der Waals surface area contributed by atoms with Crippen LogP contribution in [0.15, 0.2) is 154 Å². The van der Waals surface area contributed by atoms with Crippen LogP contribution in [0.5, 0.6) is 0 Å². The number of hydrogen-bond acceptors (Lipinski definition) is 6. The number of oxazole rings is 1. The summed E-state index contributed by atoms with van der Waals surface area (Å²) in [6, 6.07) is 49.1. The van der Waals surface area contributed by atoms with Crippen LogP contribution in [0, 0.1) is 0 Å². The topological polar surface area (TPSA) is 77.8 Å². The van der Waals surface area contributed by atoms with Gasteiger partial charge in [0, 0.05) is 33.0 Å². The third-order valence-electron chi connectivity index (χ3n) is 8.93. The van der Waals surface area contributed by atoms with Gasteiger partial charge in [0.25, 0.3) is 0 Å². The molecule has 48 heavy (non-hydrogen) atoms. The molecule has 0 aliphatic heterocycles. The van der Waals surface area contributed by atoms with Gasteiger partial charge in [-0.05, 0) is 57.9 Å². The number of hydrogen-bond donors (Lipinski definition) is 0. The summed E-state index contributed by atoms with van der Waals surface area (Å²) in [5, 5.41) is 6.84. The third kappa shape index (κ3) is 4.27. The second-order valence-electron chi connectivity index (χ2n) is 11.9. The van der Waals surface area contributed by atoms with E-state index in [9.17, 15) is 0 Å².